The van der Waals surface area contributed by atoms with Crippen LogP contribution in [0.5, 0.6) is 0 Å². The highest BCUT2D eigenvalue weighted by atomic mass is 35.5. The summed E-state index contributed by atoms with van der Waals surface area (Å²) in [5.41, 5.74) is 2.37. The van der Waals surface area contributed by atoms with Crippen molar-refractivity contribution in [3.8, 4) is 0 Å². The van der Waals surface area contributed by atoms with Crippen molar-refractivity contribution in [3.63, 3.8) is 0 Å². The Morgan fingerprint density at radius 1 is 0.867 bits per heavy atom. The largest absolute Gasteiger partial charge is 0.325 e. The van der Waals surface area contributed by atoms with Gasteiger partial charge in [0, 0.05) is 22.3 Å². The molecular weight excluding hydrogens is 443 g/mol. The number of rotatable bonds is 7. The van der Waals surface area contributed by atoms with Gasteiger partial charge in [-0.3, -0.25) is 4.79 Å². The van der Waals surface area contributed by atoms with E-state index >= 15 is 0 Å². The van der Waals surface area contributed by atoms with Crippen LogP contribution in [0, 0.1) is 6.92 Å². The van der Waals surface area contributed by atoms with Gasteiger partial charge in [0.1, 0.15) is 0 Å². The Bertz CT molecular complexity index is 1110. The zero-order valence-electron chi connectivity index (χ0n) is 16.2. The summed E-state index contributed by atoms with van der Waals surface area (Å²) in [5, 5.41) is 3.67. The lowest BCUT2D eigenvalue weighted by Crippen LogP contribution is -2.37. The van der Waals surface area contributed by atoms with Gasteiger partial charge in [-0.05, 0) is 61.0 Å². The van der Waals surface area contributed by atoms with Crippen LogP contribution in [0.2, 0.25) is 10.0 Å². The standard InChI is InChI=1S/C22H20Cl2N2O3S/c1-16-2-4-17(5-3-16)14-26(30(28,29)21-12-8-19(24)9-13-21)15-22(27)25-20-10-6-18(23)7-11-20/h2-13H,14-15H2,1H3,(H,25,27). The van der Waals surface area contributed by atoms with E-state index in [0.717, 1.165) is 15.4 Å². The predicted molar refractivity (Wildman–Crippen MR) is 120 cm³/mol. The van der Waals surface area contributed by atoms with Gasteiger partial charge in [0.25, 0.3) is 0 Å². The lowest BCUT2D eigenvalue weighted by Gasteiger charge is -2.22. The van der Waals surface area contributed by atoms with Gasteiger partial charge in [0.15, 0.2) is 0 Å². The Balaban J connectivity index is 1.86. The van der Waals surface area contributed by atoms with Crippen LogP contribution in [0.1, 0.15) is 11.1 Å². The molecule has 0 saturated heterocycles. The van der Waals surface area contributed by atoms with Crippen LogP contribution >= 0.6 is 23.2 Å². The third-order valence-electron chi connectivity index (χ3n) is 4.38. The van der Waals surface area contributed by atoms with E-state index in [1.165, 1.54) is 24.3 Å². The first-order valence-electron chi connectivity index (χ1n) is 9.11. The maximum absolute atomic E-state index is 13.2. The van der Waals surface area contributed by atoms with Crippen LogP contribution in [-0.4, -0.2) is 25.2 Å². The maximum atomic E-state index is 13.2. The Hall–Kier alpha value is -2.38. The molecule has 1 amide bonds. The lowest BCUT2D eigenvalue weighted by molar-refractivity contribution is -0.116. The first-order chi connectivity index (χ1) is 14.2. The SMILES string of the molecule is Cc1ccc(CN(CC(=O)Nc2ccc(Cl)cc2)S(=O)(=O)c2ccc(Cl)cc2)cc1. The smallest absolute Gasteiger partial charge is 0.243 e. The van der Waals surface area contributed by atoms with Crippen LogP contribution in [0.15, 0.2) is 77.7 Å². The molecule has 3 aromatic rings. The molecule has 0 heterocycles. The molecule has 3 rings (SSSR count). The molecule has 0 radical (unpaired) electrons. The molecule has 0 aliphatic rings. The van der Waals surface area contributed by atoms with Crippen LogP contribution in [0.3, 0.4) is 0 Å². The number of carbonyl (C=O) groups is 1. The highest BCUT2D eigenvalue weighted by Gasteiger charge is 2.27. The van der Waals surface area contributed by atoms with Gasteiger partial charge in [0.2, 0.25) is 15.9 Å². The number of hydrogen-bond acceptors (Lipinski definition) is 3. The first-order valence-corrected chi connectivity index (χ1v) is 11.3. The molecule has 8 heteroatoms. The molecule has 0 fully saturated rings. The minimum absolute atomic E-state index is 0.0548. The molecular formula is C22H20Cl2N2O3S. The topological polar surface area (TPSA) is 66.5 Å². The molecule has 0 unspecified atom stereocenters. The zero-order chi connectivity index (χ0) is 21.7. The third-order valence-corrected chi connectivity index (χ3v) is 6.69. The van der Waals surface area contributed by atoms with E-state index in [9.17, 15) is 13.2 Å². The number of benzene rings is 3. The van der Waals surface area contributed by atoms with Gasteiger partial charge >= 0.3 is 0 Å². The second-order valence-corrected chi connectivity index (χ2v) is 9.58. The number of aryl methyl sites for hydroxylation is 1. The van der Waals surface area contributed by atoms with Crippen molar-refractivity contribution < 1.29 is 13.2 Å². The van der Waals surface area contributed by atoms with Crippen LogP contribution in [0.25, 0.3) is 0 Å². The minimum Gasteiger partial charge on any atom is -0.325 e. The Labute approximate surface area is 186 Å². The quantitative estimate of drug-likeness (QED) is 0.528. The van der Waals surface area contributed by atoms with Crippen LogP contribution in [-0.2, 0) is 21.4 Å². The predicted octanol–water partition coefficient (Wildman–Crippen LogP) is 5.13. The molecule has 0 spiro atoms. The molecule has 0 aromatic heterocycles. The average molecular weight is 463 g/mol. The Morgan fingerprint density at radius 3 is 1.97 bits per heavy atom. The third kappa shape index (κ3) is 5.83. The van der Waals surface area contributed by atoms with E-state index in [1.807, 2.05) is 31.2 Å². The van der Waals surface area contributed by atoms with E-state index in [4.69, 9.17) is 23.2 Å². The summed E-state index contributed by atoms with van der Waals surface area (Å²) in [6.45, 7) is 1.66. The molecule has 30 heavy (non-hydrogen) atoms. The van der Waals surface area contributed by atoms with Gasteiger partial charge in [-0.1, -0.05) is 53.0 Å². The number of amides is 1. The molecule has 5 nitrogen and oxygen atoms in total. The summed E-state index contributed by atoms with van der Waals surface area (Å²) in [6, 6.07) is 19.9. The molecule has 0 saturated carbocycles. The Kier molecular flexibility index (Phi) is 7.15. The summed E-state index contributed by atoms with van der Waals surface area (Å²) in [5.74, 6) is -0.457. The number of nitrogens with one attached hydrogen (secondary N) is 1. The number of sulfonamides is 1. The molecule has 0 bridgehead atoms. The summed E-state index contributed by atoms with van der Waals surface area (Å²) in [4.78, 5) is 12.7. The highest BCUT2D eigenvalue weighted by Crippen LogP contribution is 2.21. The molecule has 156 valence electrons. The van der Waals surface area contributed by atoms with E-state index in [0.29, 0.717) is 15.7 Å². The number of carbonyl (C=O) groups excluding carboxylic acids is 1. The van der Waals surface area contributed by atoms with Crippen molar-refractivity contribution in [1.82, 2.24) is 4.31 Å². The van der Waals surface area contributed by atoms with Crippen molar-refractivity contribution in [1.29, 1.82) is 0 Å². The van der Waals surface area contributed by atoms with Crippen molar-refractivity contribution in [2.24, 2.45) is 0 Å². The second kappa shape index (κ2) is 9.62. The van der Waals surface area contributed by atoms with Crippen molar-refractivity contribution >= 4 is 44.8 Å². The Morgan fingerprint density at radius 2 is 1.40 bits per heavy atom. The summed E-state index contributed by atoms with van der Waals surface area (Å²) < 4.78 is 27.6. The molecule has 3 aromatic carbocycles. The summed E-state index contributed by atoms with van der Waals surface area (Å²) in [6.07, 6.45) is 0. The fourth-order valence-electron chi connectivity index (χ4n) is 2.77. The first kappa shape index (κ1) is 22.3. The highest BCUT2D eigenvalue weighted by molar-refractivity contribution is 7.89. The molecule has 0 aliphatic carbocycles. The minimum atomic E-state index is -3.93. The lowest BCUT2D eigenvalue weighted by atomic mass is 10.1. The number of anilines is 1. The second-order valence-electron chi connectivity index (χ2n) is 6.77. The average Bonchev–Trinajstić information content (AvgIpc) is 2.71. The summed E-state index contributed by atoms with van der Waals surface area (Å²) >= 11 is 11.8. The molecule has 1 N–H and O–H groups in total. The fraction of sp³-hybridized carbons (Fsp3) is 0.136. The van der Waals surface area contributed by atoms with Gasteiger partial charge in [-0.15, -0.1) is 0 Å². The van der Waals surface area contributed by atoms with Gasteiger partial charge < -0.3 is 5.32 Å². The maximum Gasteiger partial charge on any atom is 0.243 e. The van der Waals surface area contributed by atoms with E-state index in [2.05, 4.69) is 5.32 Å². The van der Waals surface area contributed by atoms with Crippen molar-refractivity contribution in [2.75, 3.05) is 11.9 Å². The number of hydrogen-bond donors (Lipinski definition) is 1. The van der Waals surface area contributed by atoms with Gasteiger partial charge in [-0.2, -0.15) is 4.31 Å². The van der Waals surface area contributed by atoms with Crippen molar-refractivity contribution in [2.45, 2.75) is 18.4 Å². The van der Waals surface area contributed by atoms with Crippen LogP contribution in [0.4, 0.5) is 5.69 Å². The van der Waals surface area contributed by atoms with Crippen LogP contribution < -0.4 is 5.32 Å². The van der Waals surface area contributed by atoms with Gasteiger partial charge in [-0.25, -0.2) is 8.42 Å². The normalized spacial score (nSPS) is 11.5. The fourth-order valence-corrected chi connectivity index (χ4v) is 4.41. The van der Waals surface area contributed by atoms with E-state index in [1.54, 1.807) is 24.3 Å². The number of nitrogens with zero attached hydrogens (tertiary/aromatic N) is 1. The number of halogens is 2. The van der Waals surface area contributed by atoms with Crippen molar-refractivity contribution in [3.05, 3.63) is 94.0 Å². The summed E-state index contributed by atoms with van der Waals surface area (Å²) in [7, 11) is -3.93. The monoisotopic (exact) mass is 462 g/mol. The van der Waals surface area contributed by atoms with E-state index in [-0.39, 0.29) is 18.0 Å². The van der Waals surface area contributed by atoms with Gasteiger partial charge in [0.05, 0.1) is 11.4 Å². The molecule has 0 aliphatic heterocycles. The molecule has 0 atom stereocenters. The van der Waals surface area contributed by atoms with E-state index < -0.39 is 15.9 Å². The zero-order valence-corrected chi connectivity index (χ0v) is 18.5.